The zero-order chi connectivity index (χ0) is 51.4. The van der Waals surface area contributed by atoms with Gasteiger partial charge in [0.05, 0.1) is 43.6 Å². The smallest absolute Gasteiger partial charge is 0.493 e. The second kappa shape index (κ2) is 19.2. The number of carbonyl (C=O) groups is 2. The number of allylic oxidation sites excluding steroid dienone is 1. The molecule has 22 heteroatoms. The van der Waals surface area contributed by atoms with Crippen LogP contribution in [0.2, 0.25) is 0 Å². The number of amides is 2. The highest BCUT2D eigenvalue weighted by atomic mass is 32.2. The first-order valence-corrected chi connectivity index (χ1v) is 26.8. The summed E-state index contributed by atoms with van der Waals surface area (Å²) in [7, 11) is -4.10. The topological polar surface area (TPSA) is 186 Å². The van der Waals surface area contributed by atoms with Crippen molar-refractivity contribution in [3.8, 4) is 48.6 Å². The number of dihydropyridines is 1. The van der Waals surface area contributed by atoms with Gasteiger partial charge in [0.25, 0.3) is 21.8 Å². The summed E-state index contributed by atoms with van der Waals surface area (Å²) in [5, 5.41) is 0. The van der Waals surface area contributed by atoms with Crippen molar-refractivity contribution >= 4 is 72.0 Å². The van der Waals surface area contributed by atoms with Gasteiger partial charge in [0.1, 0.15) is 10.6 Å². The van der Waals surface area contributed by atoms with Crippen LogP contribution in [0.5, 0.6) is 17.2 Å². The highest BCUT2D eigenvalue weighted by Gasteiger charge is 2.35. The zero-order valence-corrected chi connectivity index (χ0v) is 42.0. The zero-order valence-electron chi connectivity index (χ0n) is 38.8. The molecule has 73 heavy (non-hydrogen) atoms. The van der Waals surface area contributed by atoms with Crippen molar-refractivity contribution in [3.05, 3.63) is 154 Å². The number of sulfonamides is 2. The van der Waals surface area contributed by atoms with Crippen LogP contribution in [0.1, 0.15) is 42.3 Å². The Balaban J connectivity index is 0.833. The van der Waals surface area contributed by atoms with Crippen LogP contribution in [-0.2, 0) is 39.7 Å². The van der Waals surface area contributed by atoms with Crippen molar-refractivity contribution in [2.45, 2.75) is 41.8 Å². The van der Waals surface area contributed by atoms with Crippen LogP contribution >= 0.6 is 22.7 Å². The van der Waals surface area contributed by atoms with E-state index in [4.69, 9.17) is 9.47 Å². The summed E-state index contributed by atoms with van der Waals surface area (Å²) in [6.45, 7) is 0.682. The van der Waals surface area contributed by atoms with Crippen LogP contribution in [0, 0.1) is 0 Å². The Labute approximate surface area is 425 Å². The van der Waals surface area contributed by atoms with Gasteiger partial charge in [-0.25, -0.2) is 21.6 Å². The van der Waals surface area contributed by atoms with Crippen LogP contribution < -0.4 is 23.7 Å². The number of thiophene rings is 2. The number of alkyl halides is 3. The molecular formula is C51H41F3N6O9S4. The minimum Gasteiger partial charge on any atom is -0.493 e. The summed E-state index contributed by atoms with van der Waals surface area (Å²) in [5.74, 6) is -0.695. The minimum absolute atomic E-state index is 0.00346. The summed E-state index contributed by atoms with van der Waals surface area (Å²) >= 11 is 2.86. The van der Waals surface area contributed by atoms with Gasteiger partial charge in [0.15, 0.2) is 11.5 Å². The van der Waals surface area contributed by atoms with Crippen molar-refractivity contribution in [2.75, 3.05) is 32.5 Å². The van der Waals surface area contributed by atoms with Crippen LogP contribution in [0.25, 0.3) is 36.9 Å². The summed E-state index contributed by atoms with van der Waals surface area (Å²) in [5.41, 5.74) is 5.85. The largest absolute Gasteiger partial charge is 0.573 e. The molecule has 15 nitrogen and oxygen atoms in total. The number of carbonyl (C=O) groups excluding carboxylic acids is 2. The molecule has 0 spiro atoms. The number of hydrogen-bond acceptors (Lipinski definition) is 13. The Morgan fingerprint density at radius 3 is 2.04 bits per heavy atom. The molecule has 3 aliphatic heterocycles. The van der Waals surface area contributed by atoms with Crippen LogP contribution in [0.4, 0.5) is 18.9 Å². The molecule has 0 fully saturated rings. The lowest BCUT2D eigenvalue weighted by Crippen LogP contribution is -2.36. The Kier molecular flexibility index (Phi) is 13.0. The van der Waals surface area contributed by atoms with Crippen LogP contribution in [0.3, 0.4) is 0 Å². The molecule has 0 radical (unpaired) electrons. The molecule has 0 bridgehead atoms. The molecule has 3 aromatic heterocycles. The van der Waals surface area contributed by atoms with Crippen molar-refractivity contribution < 1.29 is 53.8 Å². The number of nitrogens with one attached hydrogen (secondary N) is 2. The maximum absolute atomic E-state index is 14.0. The summed E-state index contributed by atoms with van der Waals surface area (Å²) in [6, 6.07) is 27.0. The van der Waals surface area contributed by atoms with Crippen molar-refractivity contribution in [1.29, 1.82) is 0 Å². The summed E-state index contributed by atoms with van der Waals surface area (Å²) < 4.78 is 116. The monoisotopic (exact) mass is 1070 g/mol. The molecule has 1 atom stereocenters. The quantitative estimate of drug-likeness (QED) is 0.100. The molecule has 7 aromatic rings. The molecule has 3 aliphatic rings. The van der Waals surface area contributed by atoms with Crippen LogP contribution in [0.15, 0.2) is 136 Å². The van der Waals surface area contributed by atoms with Crippen molar-refractivity contribution in [3.63, 3.8) is 0 Å². The van der Waals surface area contributed by atoms with Gasteiger partial charge >= 0.3 is 6.36 Å². The first-order valence-electron chi connectivity index (χ1n) is 22.2. The molecule has 1 unspecified atom stereocenters. The first kappa shape index (κ1) is 49.2. The maximum atomic E-state index is 14.0. The van der Waals surface area contributed by atoms with E-state index in [1.165, 1.54) is 84.5 Å². The van der Waals surface area contributed by atoms with Gasteiger partial charge in [-0.1, -0.05) is 24.3 Å². The average molecular weight is 1070 g/mol. The predicted octanol–water partition coefficient (Wildman–Crippen LogP) is 9.48. The molecule has 0 aliphatic carbocycles. The van der Waals surface area contributed by atoms with E-state index in [0.717, 1.165) is 48.3 Å². The van der Waals surface area contributed by atoms with E-state index < -0.39 is 43.1 Å². The van der Waals surface area contributed by atoms with E-state index in [9.17, 15) is 39.6 Å². The number of pyridine rings is 1. The van der Waals surface area contributed by atoms with Crippen molar-refractivity contribution in [1.82, 2.24) is 19.5 Å². The number of nitrogens with zero attached hydrogens (tertiary/aromatic N) is 4. The van der Waals surface area contributed by atoms with Gasteiger partial charge in [-0.05, 0) is 107 Å². The highest BCUT2D eigenvalue weighted by Crippen LogP contribution is 2.40. The molecule has 374 valence electrons. The van der Waals surface area contributed by atoms with E-state index in [1.54, 1.807) is 42.4 Å². The lowest BCUT2D eigenvalue weighted by molar-refractivity contribution is -0.275. The van der Waals surface area contributed by atoms with E-state index in [0.29, 0.717) is 40.1 Å². The fourth-order valence-corrected chi connectivity index (χ4v) is 13.1. The number of rotatable bonds is 15. The number of aromatic nitrogens is 1. The summed E-state index contributed by atoms with van der Waals surface area (Å²) in [6.07, 6.45) is 1.03. The average Bonchev–Trinajstić information content (AvgIpc) is 4.18. The fraction of sp³-hybridized carbons (Fsp3) is 0.176. The molecule has 10 rings (SSSR count). The Hall–Kier alpha value is -7.37. The number of hydrogen-bond donors (Lipinski definition) is 2. The Morgan fingerprint density at radius 1 is 0.699 bits per heavy atom. The van der Waals surface area contributed by atoms with Gasteiger partial charge in [0.2, 0.25) is 10.0 Å². The van der Waals surface area contributed by atoms with E-state index >= 15 is 0 Å². The number of aliphatic imine (C=N–C) groups is 1. The van der Waals surface area contributed by atoms with Crippen molar-refractivity contribution in [2.24, 2.45) is 4.99 Å². The van der Waals surface area contributed by atoms with E-state index in [1.807, 2.05) is 42.5 Å². The first-order chi connectivity index (χ1) is 34.8. The van der Waals surface area contributed by atoms with E-state index in [2.05, 4.69) is 24.2 Å². The molecule has 0 saturated heterocycles. The van der Waals surface area contributed by atoms with Crippen LogP contribution in [-0.4, -0.2) is 89.9 Å². The Morgan fingerprint density at radius 2 is 1.34 bits per heavy atom. The number of methoxy groups -OCH3 is 2. The molecule has 2 amide bonds. The number of benzene rings is 4. The van der Waals surface area contributed by atoms with Gasteiger partial charge in [-0.3, -0.25) is 24.3 Å². The van der Waals surface area contributed by atoms with Gasteiger partial charge in [-0.2, -0.15) is 0 Å². The van der Waals surface area contributed by atoms with Gasteiger partial charge in [-0.15, -0.1) is 35.8 Å². The molecule has 0 saturated carbocycles. The lowest BCUT2D eigenvalue weighted by atomic mass is 10.1. The fourth-order valence-electron chi connectivity index (χ4n) is 8.75. The molecule has 6 heterocycles. The maximum Gasteiger partial charge on any atom is 0.573 e. The Bertz CT molecular complexity index is 3670. The third kappa shape index (κ3) is 10.2. The third-order valence-corrected chi connectivity index (χ3v) is 17.5. The molecule has 4 aromatic carbocycles. The normalized spacial score (nSPS) is 15.6. The number of fused-ring (bicyclic) bond motifs is 2. The predicted molar refractivity (Wildman–Crippen MR) is 271 cm³/mol. The second-order valence-electron chi connectivity index (χ2n) is 17.2. The lowest BCUT2D eigenvalue weighted by Gasteiger charge is -2.19. The molecule has 2 N–H and O–H groups in total. The second-order valence-corrected chi connectivity index (χ2v) is 22.7. The summed E-state index contributed by atoms with van der Waals surface area (Å²) in [4.78, 5) is 40.4. The molecular weight excluding hydrogens is 1030 g/mol. The number of anilines is 1. The highest BCUT2D eigenvalue weighted by molar-refractivity contribution is 7.92. The minimum atomic E-state index is -5.22. The third-order valence-electron chi connectivity index (χ3n) is 12.2. The van der Waals surface area contributed by atoms with E-state index in [-0.39, 0.29) is 53.3 Å². The number of ether oxygens (including phenoxy) is 3. The number of halogens is 3. The van der Waals surface area contributed by atoms with Gasteiger partial charge < -0.3 is 24.0 Å². The van der Waals surface area contributed by atoms with Gasteiger partial charge in [0, 0.05) is 86.9 Å². The standard InChI is InChI=1S/C51H41F3N6O9S4/c1-59-27-34-17-30(5-8-39(34)49(59)61)44-12-14-47(70-44)33-20-37(25-56-23-33)58-73(65,66)48-16-29(4-10-42(48)69-51(52,53)54)26-60-28-35-18-31(6-9-40(35)50(60)62)45-13-15-46(71-45)32-19-36(24-55-22-32)57-72(63,64)38-7-11-41(67-2)43(21-38)68-3/h4-23,25,36,57-58H,24,26-28H2,1-3H3. The SMILES string of the molecule is COc1ccc(S(=O)(=O)NC2C=C(c3ccc(-c4ccc5c(c4)CN(Cc4ccc(OC(F)(F)F)c(S(=O)(=O)Nc6cncc(-c7ccc(-c8ccc9c(c8)CN(C)C9=O)s7)c6)c4)C5=O)s3)C=NC2)cc1OC.